The number of hydrogen-bond donors (Lipinski definition) is 0. The third-order valence-electron chi connectivity index (χ3n) is 3.49. The second kappa shape index (κ2) is 3.81. The Morgan fingerprint density at radius 1 is 1.08 bits per heavy atom. The average molecular weight is 216 g/mol. The standard InChI is InChI=1S/C8H13BF3.K/c1-6-2-8(3-6)4-7(5-8)9(10,11)12;/h6-7H,2-5H2,1H3;/q-1;+1. The molecule has 70 valence electrons. The van der Waals surface area contributed by atoms with E-state index < -0.39 is 12.8 Å². The molecular formula is C8H13BF3K. The summed E-state index contributed by atoms with van der Waals surface area (Å²) in [6, 6.07) is 0. The zero-order chi connectivity index (χ0) is 8.98. The molecule has 0 nitrogen and oxygen atoms in total. The maximum atomic E-state index is 12.2. The van der Waals surface area contributed by atoms with Crippen molar-refractivity contribution in [1.82, 2.24) is 0 Å². The van der Waals surface area contributed by atoms with Gasteiger partial charge in [0.15, 0.2) is 0 Å². The Balaban J connectivity index is 0.000000845. The molecule has 2 aliphatic carbocycles. The van der Waals surface area contributed by atoms with Crippen LogP contribution in [0.5, 0.6) is 0 Å². The molecule has 0 unspecified atom stereocenters. The van der Waals surface area contributed by atoms with E-state index in [1.807, 2.05) is 0 Å². The zero-order valence-corrected chi connectivity index (χ0v) is 11.3. The van der Waals surface area contributed by atoms with Crippen LogP contribution >= 0.6 is 0 Å². The first-order chi connectivity index (χ1) is 5.41. The number of rotatable bonds is 1. The first kappa shape index (κ1) is 12.6. The molecule has 5 heteroatoms. The van der Waals surface area contributed by atoms with Crippen LogP contribution in [0.4, 0.5) is 12.9 Å². The Morgan fingerprint density at radius 2 is 1.54 bits per heavy atom. The van der Waals surface area contributed by atoms with Gasteiger partial charge in [0.2, 0.25) is 0 Å². The van der Waals surface area contributed by atoms with Gasteiger partial charge in [0.05, 0.1) is 0 Å². The van der Waals surface area contributed by atoms with E-state index in [1.165, 1.54) is 0 Å². The summed E-state index contributed by atoms with van der Waals surface area (Å²) in [4.78, 5) is 0. The number of halogens is 3. The van der Waals surface area contributed by atoms with Crippen molar-refractivity contribution in [2.75, 3.05) is 0 Å². The van der Waals surface area contributed by atoms with Crippen LogP contribution in [0.15, 0.2) is 0 Å². The minimum Gasteiger partial charge on any atom is -0.449 e. The van der Waals surface area contributed by atoms with E-state index in [1.54, 1.807) is 0 Å². The van der Waals surface area contributed by atoms with Crippen LogP contribution in [0.25, 0.3) is 0 Å². The van der Waals surface area contributed by atoms with E-state index in [4.69, 9.17) is 0 Å². The first-order valence-electron chi connectivity index (χ1n) is 4.61. The molecule has 1 spiro atoms. The van der Waals surface area contributed by atoms with Gasteiger partial charge in [0.25, 0.3) is 0 Å². The zero-order valence-electron chi connectivity index (χ0n) is 8.19. The molecular weight excluding hydrogens is 203 g/mol. The van der Waals surface area contributed by atoms with Crippen LogP contribution in [0.1, 0.15) is 32.6 Å². The van der Waals surface area contributed by atoms with Crippen LogP contribution in [0, 0.1) is 11.3 Å². The smallest absolute Gasteiger partial charge is 0.449 e. The van der Waals surface area contributed by atoms with Crippen molar-refractivity contribution in [3.63, 3.8) is 0 Å². The summed E-state index contributed by atoms with van der Waals surface area (Å²) in [7, 11) is 0. The quantitative estimate of drug-likeness (QED) is 0.557. The monoisotopic (exact) mass is 216 g/mol. The van der Waals surface area contributed by atoms with Crippen LogP contribution in [-0.2, 0) is 0 Å². The normalized spacial score (nSPS) is 43.4. The van der Waals surface area contributed by atoms with Gasteiger partial charge in [0.1, 0.15) is 0 Å². The molecule has 0 atom stereocenters. The van der Waals surface area contributed by atoms with E-state index in [2.05, 4.69) is 6.92 Å². The van der Waals surface area contributed by atoms with E-state index >= 15 is 0 Å². The Labute approximate surface area is 120 Å². The van der Waals surface area contributed by atoms with Gasteiger partial charge in [-0.05, 0) is 24.2 Å². The van der Waals surface area contributed by atoms with Crippen molar-refractivity contribution in [3.05, 3.63) is 0 Å². The molecule has 0 N–H and O–H groups in total. The van der Waals surface area contributed by atoms with Crippen molar-refractivity contribution < 1.29 is 64.3 Å². The van der Waals surface area contributed by atoms with Crippen LogP contribution in [0.3, 0.4) is 0 Å². The van der Waals surface area contributed by atoms with Crippen molar-refractivity contribution in [1.29, 1.82) is 0 Å². The molecule has 0 heterocycles. The summed E-state index contributed by atoms with van der Waals surface area (Å²) in [5, 5.41) is 0. The average Bonchev–Trinajstić information content (AvgIpc) is 1.71. The molecule has 0 radical (unpaired) electrons. The van der Waals surface area contributed by atoms with Crippen LogP contribution in [0.2, 0.25) is 5.82 Å². The summed E-state index contributed by atoms with van der Waals surface area (Å²) >= 11 is 0. The summed E-state index contributed by atoms with van der Waals surface area (Å²) in [5.41, 5.74) is 0.140. The van der Waals surface area contributed by atoms with Gasteiger partial charge in [-0.2, -0.15) is 0 Å². The van der Waals surface area contributed by atoms with Crippen LogP contribution in [-0.4, -0.2) is 6.98 Å². The Hall–Kier alpha value is 1.49. The van der Waals surface area contributed by atoms with Crippen molar-refractivity contribution in [2.24, 2.45) is 11.3 Å². The third-order valence-corrected chi connectivity index (χ3v) is 3.49. The molecule has 0 aromatic rings. The van der Waals surface area contributed by atoms with Crippen LogP contribution < -0.4 is 51.4 Å². The number of hydrogen-bond acceptors (Lipinski definition) is 0. The minimum atomic E-state index is -4.53. The third kappa shape index (κ3) is 2.36. The topological polar surface area (TPSA) is 0 Å². The Bertz CT molecular complexity index is 190. The van der Waals surface area contributed by atoms with Crippen molar-refractivity contribution in [2.45, 2.75) is 38.4 Å². The fourth-order valence-electron chi connectivity index (χ4n) is 3.07. The molecule has 2 aliphatic rings. The molecule has 13 heavy (non-hydrogen) atoms. The molecule has 0 saturated heterocycles. The largest absolute Gasteiger partial charge is 1.00 e. The van der Waals surface area contributed by atoms with Gasteiger partial charge in [0, 0.05) is 0 Å². The van der Waals surface area contributed by atoms with Gasteiger partial charge < -0.3 is 12.9 Å². The van der Waals surface area contributed by atoms with Gasteiger partial charge in [-0.15, -0.1) is 0 Å². The molecule has 2 saturated carbocycles. The van der Waals surface area contributed by atoms with E-state index in [-0.39, 0.29) is 56.8 Å². The van der Waals surface area contributed by atoms with Crippen molar-refractivity contribution in [3.8, 4) is 0 Å². The van der Waals surface area contributed by atoms with Gasteiger partial charge in [-0.25, -0.2) is 0 Å². The summed E-state index contributed by atoms with van der Waals surface area (Å²) in [6.45, 7) is -2.41. The molecule has 0 aromatic heterocycles. The predicted molar refractivity (Wildman–Crippen MR) is 42.9 cm³/mol. The SMILES string of the molecule is CC1CC2(C1)CC([B-](F)(F)F)C2.[K+]. The molecule has 0 aliphatic heterocycles. The summed E-state index contributed by atoms with van der Waals surface area (Å²) < 4.78 is 36.5. The predicted octanol–water partition coefficient (Wildman–Crippen LogP) is 0.418. The Kier molecular flexibility index (Phi) is 3.69. The summed E-state index contributed by atoms with van der Waals surface area (Å²) in [5.74, 6) is -0.246. The van der Waals surface area contributed by atoms with Gasteiger partial charge in [-0.1, -0.05) is 25.6 Å². The second-order valence-electron chi connectivity index (χ2n) is 4.81. The fraction of sp³-hybridized carbons (Fsp3) is 1.00. The first-order valence-corrected chi connectivity index (χ1v) is 4.61. The van der Waals surface area contributed by atoms with Gasteiger partial charge >= 0.3 is 58.4 Å². The van der Waals surface area contributed by atoms with Crippen molar-refractivity contribution >= 4 is 6.98 Å². The molecule has 2 fully saturated rings. The Morgan fingerprint density at radius 3 is 1.85 bits per heavy atom. The molecule has 0 amide bonds. The fourth-order valence-corrected chi connectivity index (χ4v) is 3.07. The maximum absolute atomic E-state index is 12.2. The molecule has 0 aromatic carbocycles. The molecule has 0 bridgehead atoms. The minimum absolute atomic E-state index is 0. The molecule has 2 rings (SSSR count). The second-order valence-corrected chi connectivity index (χ2v) is 4.81. The summed E-state index contributed by atoms with van der Waals surface area (Å²) in [6.07, 6.45) is 2.94. The van der Waals surface area contributed by atoms with E-state index in [9.17, 15) is 12.9 Å². The van der Waals surface area contributed by atoms with E-state index in [0.717, 1.165) is 12.8 Å². The van der Waals surface area contributed by atoms with Gasteiger partial charge in [-0.3, -0.25) is 0 Å². The van der Waals surface area contributed by atoms with E-state index in [0.29, 0.717) is 18.8 Å². The maximum Gasteiger partial charge on any atom is 1.00 e.